The molecule has 0 radical (unpaired) electrons. The summed E-state index contributed by atoms with van der Waals surface area (Å²) in [6, 6.07) is 2.03. The molecule has 0 unspecified atom stereocenters. The molecule has 1 aromatic rings. The van der Waals surface area contributed by atoms with Crippen LogP contribution in [-0.2, 0) is 16.1 Å². The van der Waals surface area contributed by atoms with E-state index in [0.29, 0.717) is 19.4 Å². The first kappa shape index (κ1) is 14.8. The number of aliphatic carboxylic acids is 1. The zero-order chi connectivity index (χ0) is 14.7. The fourth-order valence-corrected chi connectivity index (χ4v) is 3.46. The van der Waals surface area contributed by atoms with E-state index in [-0.39, 0.29) is 5.91 Å². The van der Waals surface area contributed by atoms with Gasteiger partial charge in [0, 0.05) is 11.9 Å². The highest BCUT2D eigenvalue weighted by atomic mass is 32.1. The molecule has 1 aromatic heterocycles. The van der Waals surface area contributed by atoms with E-state index in [1.165, 1.54) is 5.56 Å². The van der Waals surface area contributed by atoms with Gasteiger partial charge in [-0.25, -0.2) is 0 Å². The van der Waals surface area contributed by atoms with Gasteiger partial charge in [-0.15, -0.1) is 11.3 Å². The monoisotopic (exact) mass is 293 g/mol. The van der Waals surface area contributed by atoms with Gasteiger partial charge in [0.05, 0.1) is 18.4 Å². The molecule has 1 heterocycles. The van der Waals surface area contributed by atoms with E-state index in [1.807, 2.05) is 30.5 Å². The largest absolute Gasteiger partial charge is 0.481 e. The minimum absolute atomic E-state index is 0.0745. The summed E-state index contributed by atoms with van der Waals surface area (Å²) in [4.78, 5) is 26.5. The molecular formula is C15H19NO3S. The van der Waals surface area contributed by atoms with Crippen molar-refractivity contribution in [2.24, 2.45) is 11.8 Å². The number of carbonyl (C=O) groups is 2. The van der Waals surface area contributed by atoms with Crippen LogP contribution in [0.25, 0.3) is 0 Å². The van der Waals surface area contributed by atoms with Crippen molar-refractivity contribution in [1.82, 2.24) is 4.90 Å². The van der Waals surface area contributed by atoms with Crippen LogP contribution in [-0.4, -0.2) is 28.9 Å². The highest BCUT2D eigenvalue weighted by Crippen LogP contribution is 2.28. The maximum Gasteiger partial charge on any atom is 0.307 e. The fraction of sp³-hybridized carbons (Fsp3) is 0.467. The van der Waals surface area contributed by atoms with E-state index in [1.54, 1.807) is 23.3 Å². The van der Waals surface area contributed by atoms with Gasteiger partial charge in [0.1, 0.15) is 0 Å². The van der Waals surface area contributed by atoms with Crippen LogP contribution in [0.5, 0.6) is 0 Å². The number of amides is 1. The molecule has 0 saturated heterocycles. The maximum atomic E-state index is 12.5. The van der Waals surface area contributed by atoms with Crippen LogP contribution in [0.3, 0.4) is 0 Å². The summed E-state index contributed by atoms with van der Waals surface area (Å²) in [6.07, 6.45) is 4.72. The molecular weight excluding hydrogens is 274 g/mol. The predicted octanol–water partition coefficient (Wildman–Crippen LogP) is 2.68. The van der Waals surface area contributed by atoms with Crippen LogP contribution in [0, 0.1) is 18.8 Å². The van der Waals surface area contributed by atoms with Gasteiger partial charge in [-0.05, 0) is 36.8 Å². The second-order valence-corrected chi connectivity index (χ2v) is 6.22. The Kier molecular flexibility index (Phi) is 4.60. The molecule has 0 saturated carbocycles. The van der Waals surface area contributed by atoms with E-state index < -0.39 is 17.8 Å². The van der Waals surface area contributed by atoms with E-state index in [4.69, 9.17) is 0 Å². The smallest absolute Gasteiger partial charge is 0.307 e. The third-order valence-corrected chi connectivity index (χ3v) is 4.80. The molecule has 5 heteroatoms. The molecule has 4 nitrogen and oxygen atoms in total. The molecule has 1 N–H and O–H groups in total. The first-order valence-electron chi connectivity index (χ1n) is 6.66. The number of hydrogen-bond donors (Lipinski definition) is 1. The van der Waals surface area contributed by atoms with Crippen molar-refractivity contribution in [2.75, 3.05) is 7.05 Å². The van der Waals surface area contributed by atoms with Gasteiger partial charge in [-0.3, -0.25) is 9.59 Å². The average molecular weight is 293 g/mol. The number of carbonyl (C=O) groups excluding carboxylic acids is 1. The molecule has 20 heavy (non-hydrogen) atoms. The van der Waals surface area contributed by atoms with Gasteiger partial charge < -0.3 is 10.0 Å². The van der Waals surface area contributed by atoms with Crippen LogP contribution in [0.1, 0.15) is 23.3 Å². The highest BCUT2D eigenvalue weighted by molar-refractivity contribution is 7.10. The van der Waals surface area contributed by atoms with E-state index in [0.717, 1.165) is 4.88 Å². The fourth-order valence-electron chi connectivity index (χ4n) is 2.50. The predicted molar refractivity (Wildman–Crippen MR) is 78.5 cm³/mol. The Hall–Kier alpha value is -1.62. The first-order valence-corrected chi connectivity index (χ1v) is 7.54. The Labute approximate surface area is 122 Å². The van der Waals surface area contributed by atoms with Gasteiger partial charge in [0.15, 0.2) is 0 Å². The zero-order valence-corrected chi connectivity index (χ0v) is 12.5. The van der Waals surface area contributed by atoms with Gasteiger partial charge in [0.25, 0.3) is 0 Å². The van der Waals surface area contributed by atoms with Gasteiger partial charge in [0.2, 0.25) is 5.91 Å². The zero-order valence-electron chi connectivity index (χ0n) is 11.7. The number of aryl methyl sites for hydroxylation is 1. The lowest BCUT2D eigenvalue weighted by Crippen LogP contribution is -2.39. The Morgan fingerprint density at radius 1 is 1.35 bits per heavy atom. The van der Waals surface area contributed by atoms with E-state index in [9.17, 15) is 14.7 Å². The molecule has 0 fully saturated rings. The Morgan fingerprint density at radius 3 is 2.55 bits per heavy atom. The average Bonchev–Trinajstić information content (AvgIpc) is 2.83. The number of thiophene rings is 1. The third kappa shape index (κ3) is 3.10. The van der Waals surface area contributed by atoms with Crippen LogP contribution in [0.2, 0.25) is 0 Å². The molecule has 0 spiro atoms. The SMILES string of the molecule is Cc1ccsc1CN(C)C(=O)[C@@H]1CC=CC[C@@H]1C(=O)O. The molecule has 1 aliphatic carbocycles. The number of carboxylic acid groups (broad SMARTS) is 1. The minimum Gasteiger partial charge on any atom is -0.481 e. The molecule has 2 atom stereocenters. The second kappa shape index (κ2) is 6.22. The van der Waals surface area contributed by atoms with Gasteiger partial charge >= 0.3 is 5.97 Å². The highest BCUT2D eigenvalue weighted by Gasteiger charge is 2.35. The lowest BCUT2D eigenvalue weighted by atomic mass is 9.82. The van der Waals surface area contributed by atoms with Crippen molar-refractivity contribution in [2.45, 2.75) is 26.3 Å². The molecule has 0 aromatic carbocycles. The topological polar surface area (TPSA) is 57.6 Å². The summed E-state index contributed by atoms with van der Waals surface area (Å²) in [5, 5.41) is 11.2. The minimum atomic E-state index is -0.881. The lowest BCUT2D eigenvalue weighted by Gasteiger charge is -2.28. The second-order valence-electron chi connectivity index (χ2n) is 5.22. The normalized spacial score (nSPS) is 21.7. The van der Waals surface area contributed by atoms with Crippen LogP contribution in [0.15, 0.2) is 23.6 Å². The number of rotatable bonds is 4. The van der Waals surface area contributed by atoms with Gasteiger partial charge in [-0.2, -0.15) is 0 Å². The van der Waals surface area contributed by atoms with Gasteiger partial charge in [-0.1, -0.05) is 12.2 Å². The molecule has 0 aliphatic heterocycles. The third-order valence-electron chi connectivity index (χ3n) is 3.79. The lowest BCUT2D eigenvalue weighted by molar-refractivity contribution is -0.150. The quantitative estimate of drug-likeness (QED) is 0.868. The molecule has 2 rings (SSSR count). The number of hydrogen-bond acceptors (Lipinski definition) is 3. The first-order chi connectivity index (χ1) is 9.50. The van der Waals surface area contributed by atoms with Crippen molar-refractivity contribution >= 4 is 23.2 Å². The standard InChI is InChI=1S/C15H19NO3S/c1-10-7-8-20-13(10)9-16(2)14(17)11-5-3-4-6-12(11)15(18)19/h3-4,7-8,11-12H,5-6,9H2,1-2H3,(H,18,19)/t11-,12+/m1/s1. The number of nitrogens with zero attached hydrogens (tertiary/aromatic N) is 1. The Balaban J connectivity index is 2.07. The Bertz CT molecular complexity index is 535. The van der Waals surface area contributed by atoms with E-state index in [2.05, 4.69) is 0 Å². The summed E-state index contributed by atoms with van der Waals surface area (Å²) < 4.78 is 0. The van der Waals surface area contributed by atoms with Crippen molar-refractivity contribution in [1.29, 1.82) is 0 Å². The van der Waals surface area contributed by atoms with Crippen molar-refractivity contribution in [3.05, 3.63) is 34.0 Å². The molecule has 108 valence electrons. The van der Waals surface area contributed by atoms with Crippen LogP contribution in [0.4, 0.5) is 0 Å². The number of allylic oxidation sites excluding steroid dienone is 2. The van der Waals surface area contributed by atoms with Crippen LogP contribution >= 0.6 is 11.3 Å². The summed E-state index contributed by atoms with van der Waals surface area (Å²) in [5.74, 6) is -2.00. The molecule has 1 aliphatic rings. The van der Waals surface area contributed by atoms with Crippen molar-refractivity contribution in [3.8, 4) is 0 Å². The molecule has 0 bridgehead atoms. The van der Waals surface area contributed by atoms with E-state index >= 15 is 0 Å². The number of carboxylic acids is 1. The maximum absolute atomic E-state index is 12.5. The summed E-state index contributed by atoms with van der Waals surface area (Å²) >= 11 is 1.62. The van der Waals surface area contributed by atoms with Crippen molar-refractivity contribution < 1.29 is 14.7 Å². The summed E-state index contributed by atoms with van der Waals surface area (Å²) in [7, 11) is 1.75. The molecule has 1 amide bonds. The summed E-state index contributed by atoms with van der Waals surface area (Å²) in [6.45, 7) is 2.57. The van der Waals surface area contributed by atoms with Crippen LogP contribution < -0.4 is 0 Å². The summed E-state index contributed by atoms with van der Waals surface area (Å²) in [5.41, 5.74) is 1.17. The Morgan fingerprint density at radius 2 is 2.00 bits per heavy atom. The van der Waals surface area contributed by atoms with Crippen molar-refractivity contribution in [3.63, 3.8) is 0 Å².